The van der Waals surface area contributed by atoms with Crippen LogP contribution in [-0.2, 0) is 4.79 Å². The number of hydrogen-bond acceptors (Lipinski definition) is 2. The molecular weight excluding hydrogens is 236 g/mol. The second kappa shape index (κ2) is 5.24. The third kappa shape index (κ3) is 2.46. The fourth-order valence-corrected chi connectivity index (χ4v) is 3.09. The van der Waals surface area contributed by atoms with Gasteiger partial charge in [-0.3, -0.25) is 4.79 Å². The molecule has 0 aliphatic heterocycles. The van der Waals surface area contributed by atoms with Crippen molar-refractivity contribution in [3.8, 4) is 0 Å². The van der Waals surface area contributed by atoms with Gasteiger partial charge in [0.2, 0.25) is 5.91 Å². The number of nitrogens with two attached hydrogens (primary N) is 1. The molecule has 1 aliphatic rings. The molecule has 0 unspecified atom stereocenters. The van der Waals surface area contributed by atoms with Gasteiger partial charge >= 0.3 is 0 Å². The lowest BCUT2D eigenvalue weighted by Gasteiger charge is -2.27. The average Bonchev–Trinajstić information content (AvgIpc) is 2.89. The van der Waals surface area contributed by atoms with E-state index in [1.807, 2.05) is 26.0 Å². The average molecular weight is 260 g/mol. The van der Waals surface area contributed by atoms with Crippen molar-refractivity contribution in [3.63, 3.8) is 0 Å². The van der Waals surface area contributed by atoms with E-state index in [2.05, 4.69) is 12.2 Å². The van der Waals surface area contributed by atoms with Crippen molar-refractivity contribution >= 4 is 17.3 Å². The van der Waals surface area contributed by atoms with Crippen LogP contribution in [-0.4, -0.2) is 5.91 Å². The Morgan fingerprint density at radius 2 is 1.95 bits per heavy atom. The van der Waals surface area contributed by atoms with Crippen molar-refractivity contribution in [3.05, 3.63) is 23.3 Å². The highest BCUT2D eigenvalue weighted by molar-refractivity contribution is 5.97. The minimum atomic E-state index is -0.163. The summed E-state index contributed by atoms with van der Waals surface area (Å²) >= 11 is 0. The Hall–Kier alpha value is -1.51. The zero-order valence-electron chi connectivity index (χ0n) is 12.2. The molecule has 0 bridgehead atoms. The largest absolute Gasteiger partial charge is 0.398 e. The van der Waals surface area contributed by atoms with Crippen LogP contribution < -0.4 is 11.1 Å². The quantitative estimate of drug-likeness (QED) is 0.812. The highest BCUT2D eigenvalue weighted by Crippen LogP contribution is 2.42. The van der Waals surface area contributed by atoms with Gasteiger partial charge in [-0.05, 0) is 50.3 Å². The summed E-state index contributed by atoms with van der Waals surface area (Å²) in [5.74, 6) is 0.171. The number of aryl methyl sites for hydroxylation is 1. The smallest absolute Gasteiger partial charge is 0.230 e. The first kappa shape index (κ1) is 13.9. The van der Waals surface area contributed by atoms with Crippen molar-refractivity contribution in [2.45, 2.75) is 52.9 Å². The molecule has 1 fully saturated rings. The molecule has 0 heterocycles. The number of nitrogens with one attached hydrogen (secondary N) is 1. The maximum atomic E-state index is 12.6. The standard InChI is InChI=1S/C16H24N2O/c1-4-16(9-5-6-10-16)15(19)18-14-11(2)7-8-13(17)12(14)3/h7-8H,4-6,9-10,17H2,1-3H3,(H,18,19). The lowest BCUT2D eigenvalue weighted by molar-refractivity contribution is -0.125. The molecule has 3 heteroatoms. The third-order valence-corrected chi connectivity index (χ3v) is 4.67. The predicted molar refractivity (Wildman–Crippen MR) is 80.2 cm³/mol. The van der Waals surface area contributed by atoms with Crippen molar-refractivity contribution in [1.82, 2.24) is 0 Å². The number of amides is 1. The number of rotatable bonds is 3. The fourth-order valence-electron chi connectivity index (χ4n) is 3.09. The minimum Gasteiger partial charge on any atom is -0.398 e. The van der Waals surface area contributed by atoms with Crippen LogP contribution >= 0.6 is 0 Å². The lowest BCUT2D eigenvalue weighted by Crippen LogP contribution is -2.33. The van der Waals surface area contributed by atoms with Crippen molar-refractivity contribution < 1.29 is 4.79 Å². The van der Waals surface area contributed by atoms with Gasteiger partial charge in [-0.15, -0.1) is 0 Å². The van der Waals surface area contributed by atoms with Gasteiger partial charge in [0.25, 0.3) is 0 Å². The molecule has 0 radical (unpaired) electrons. The molecule has 0 aromatic heterocycles. The summed E-state index contributed by atoms with van der Waals surface area (Å²) in [6.07, 6.45) is 5.26. The summed E-state index contributed by atoms with van der Waals surface area (Å²) in [5.41, 5.74) is 9.44. The molecule has 0 saturated heterocycles. The van der Waals surface area contributed by atoms with Crippen molar-refractivity contribution in [2.75, 3.05) is 11.1 Å². The van der Waals surface area contributed by atoms with Crippen LogP contribution in [0.2, 0.25) is 0 Å². The van der Waals surface area contributed by atoms with Crippen LogP contribution in [0.4, 0.5) is 11.4 Å². The Balaban J connectivity index is 2.26. The summed E-state index contributed by atoms with van der Waals surface area (Å²) in [5, 5.41) is 3.13. The number of anilines is 2. The first-order valence-electron chi connectivity index (χ1n) is 7.17. The van der Waals surface area contributed by atoms with Gasteiger partial charge in [-0.2, -0.15) is 0 Å². The van der Waals surface area contributed by atoms with E-state index >= 15 is 0 Å². The van der Waals surface area contributed by atoms with Crippen molar-refractivity contribution in [2.24, 2.45) is 5.41 Å². The molecule has 0 atom stereocenters. The summed E-state index contributed by atoms with van der Waals surface area (Å²) < 4.78 is 0. The number of nitrogen functional groups attached to an aromatic ring is 1. The van der Waals surface area contributed by atoms with Gasteiger partial charge in [0.1, 0.15) is 0 Å². The normalized spacial score (nSPS) is 17.4. The van der Waals surface area contributed by atoms with Crippen LogP contribution in [0.25, 0.3) is 0 Å². The second-order valence-electron chi connectivity index (χ2n) is 5.77. The zero-order valence-corrected chi connectivity index (χ0v) is 12.2. The molecular formula is C16H24N2O. The third-order valence-electron chi connectivity index (χ3n) is 4.67. The van der Waals surface area contributed by atoms with Crippen LogP contribution in [0.3, 0.4) is 0 Å². The van der Waals surface area contributed by atoms with E-state index in [4.69, 9.17) is 5.73 Å². The first-order valence-corrected chi connectivity index (χ1v) is 7.17. The Morgan fingerprint density at radius 3 is 2.53 bits per heavy atom. The molecule has 1 aliphatic carbocycles. The topological polar surface area (TPSA) is 55.1 Å². The highest BCUT2D eigenvalue weighted by Gasteiger charge is 2.39. The first-order chi connectivity index (χ1) is 9.00. The van der Waals surface area contributed by atoms with E-state index < -0.39 is 0 Å². The maximum absolute atomic E-state index is 12.6. The Bertz CT molecular complexity index is 488. The zero-order chi connectivity index (χ0) is 14.0. The fraction of sp³-hybridized carbons (Fsp3) is 0.562. The van der Waals surface area contributed by atoms with E-state index in [1.165, 1.54) is 0 Å². The summed E-state index contributed by atoms with van der Waals surface area (Å²) in [6, 6.07) is 3.86. The van der Waals surface area contributed by atoms with Gasteiger partial charge in [-0.1, -0.05) is 25.8 Å². The second-order valence-corrected chi connectivity index (χ2v) is 5.77. The van der Waals surface area contributed by atoms with Crippen LogP contribution in [0.15, 0.2) is 12.1 Å². The molecule has 1 aromatic carbocycles. The van der Waals surface area contributed by atoms with E-state index in [9.17, 15) is 4.79 Å². The van der Waals surface area contributed by atoms with Gasteiger partial charge in [0.05, 0.1) is 0 Å². The van der Waals surface area contributed by atoms with Gasteiger partial charge < -0.3 is 11.1 Å². The molecule has 2 rings (SSSR count). The summed E-state index contributed by atoms with van der Waals surface area (Å²) in [7, 11) is 0. The van der Waals surface area contributed by atoms with E-state index in [1.54, 1.807) is 0 Å². The number of carbonyl (C=O) groups excluding carboxylic acids is 1. The Morgan fingerprint density at radius 1 is 1.32 bits per heavy atom. The van der Waals surface area contributed by atoms with E-state index in [0.717, 1.165) is 54.6 Å². The molecule has 3 N–H and O–H groups in total. The van der Waals surface area contributed by atoms with Crippen LogP contribution in [0.5, 0.6) is 0 Å². The molecule has 3 nitrogen and oxygen atoms in total. The van der Waals surface area contributed by atoms with Crippen LogP contribution in [0.1, 0.15) is 50.2 Å². The number of carbonyl (C=O) groups is 1. The number of hydrogen-bond donors (Lipinski definition) is 2. The molecule has 1 saturated carbocycles. The van der Waals surface area contributed by atoms with Crippen LogP contribution in [0, 0.1) is 19.3 Å². The highest BCUT2D eigenvalue weighted by atomic mass is 16.2. The molecule has 1 amide bonds. The van der Waals surface area contributed by atoms with E-state index in [-0.39, 0.29) is 11.3 Å². The molecule has 1 aromatic rings. The maximum Gasteiger partial charge on any atom is 0.230 e. The van der Waals surface area contributed by atoms with Gasteiger partial charge in [0.15, 0.2) is 0 Å². The van der Waals surface area contributed by atoms with E-state index in [0.29, 0.717) is 0 Å². The lowest BCUT2D eigenvalue weighted by atomic mass is 9.82. The number of benzene rings is 1. The Labute approximate surface area is 115 Å². The Kier molecular flexibility index (Phi) is 3.83. The predicted octanol–water partition coefficient (Wildman–Crippen LogP) is 3.79. The minimum absolute atomic E-state index is 0.163. The molecule has 0 spiro atoms. The summed E-state index contributed by atoms with van der Waals surface area (Å²) in [4.78, 5) is 12.6. The molecule has 104 valence electrons. The van der Waals surface area contributed by atoms with Crippen molar-refractivity contribution in [1.29, 1.82) is 0 Å². The summed E-state index contributed by atoms with van der Waals surface area (Å²) in [6.45, 7) is 6.09. The molecule has 19 heavy (non-hydrogen) atoms. The SMILES string of the molecule is CCC1(C(=O)Nc2c(C)ccc(N)c2C)CCCC1. The van der Waals surface area contributed by atoms with Gasteiger partial charge in [0, 0.05) is 16.8 Å². The van der Waals surface area contributed by atoms with Gasteiger partial charge in [-0.25, -0.2) is 0 Å². The monoisotopic (exact) mass is 260 g/mol.